The molecule has 5 rings (SSSR count). The van der Waals surface area contributed by atoms with Crippen LogP contribution in [0.2, 0.25) is 0 Å². The summed E-state index contributed by atoms with van der Waals surface area (Å²) >= 11 is 0. The van der Waals surface area contributed by atoms with Crippen LogP contribution in [0.3, 0.4) is 0 Å². The summed E-state index contributed by atoms with van der Waals surface area (Å²) in [6.07, 6.45) is 5.13. The predicted molar refractivity (Wildman–Crippen MR) is 98.2 cm³/mol. The lowest BCUT2D eigenvalue weighted by molar-refractivity contribution is -0.0391. The van der Waals surface area contributed by atoms with E-state index in [1.165, 1.54) is 5.56 Å². The van der Waals surface area contributed by atoms with Crippen molar-refractivity contribution in [3.63, 3.8) is 0 Å². The molecule has 26 heavy (non-hydrogen) atoms. The van der Waals surface area contributed by atoms with Crippen LogP contribution in [0.1, 0.15) is 18.4 Å². The van der Waals surface area contributed by atoms with Crippen LogP contribution in [0.15, 0.2) is 48.8 Å². The van der Waals surface area contributed by atoms with E-state index in [2.05, 4.69) is 33.1 Å². The molecule has 6 nitrogen and oxygen atoms in total. The molecule has 0 amide bonds. The molecule has 1 fully saturated rings. The van der Waals surface area contributed by atoms with Gasteiger partial charge in [-0.15, -0.1) is 0 Å². The van der Waals surface area contributed by atoms with Gasteiger partial charge >= 0.3 is 0 Å². The van der Waals surface area contributed by atoms with E-state index in [0.29, 0.717) is 5.65 Å². The van der Waals surface area contributed by atoms with Crippen molar-refractivity contribution in [1.82, 2.24) is 15.0 Å². The first kappa shape index (κ1) is 15.5. The molecule has 1 spiro atoms. The van der Waals surface area contributed by atoms with Crippen molar-refractivity contribution in [3.8, 4) is 5.75 Å². The molecule has 2 aromatic heterocycles. The molecule has 0 bridgehead atoms. The second-order valence-corrected chi connectivity index (χ2v) is 6.93. The fraction of sp³-hybridized carbons (Fsp3) is 0.350. The standard InChI is InChI=1S/C20H20N4O2/c1-2-4-17-15(3-1)13-24(14-20(26-17)7-11-25-12-8-20)18-6-5-16-19(23-18)22-10-9-21-16/h1-6,9-10H,7-8,11-14H2. The molecule has 132 valence electrons. The molecule has 1 saturated heterocycles. The summed E-state index contributed by atoms with van der Waals surface area (Å²) in [5.41, 5.74) is 2.41. The van der Waals surface area contributed by atoms with Crippen LogP contribution in [0.4, 0.5) is 5.82 Å². The van der Waals surface area contributed by atoms with Crippen molar-refractivity contribution in [2.45, 2.75) is 25.0 Å². The zero-order chi connectivity index (χ0) is 17.4. The number of hydrogen-bond acceptors (Lipinski definition) is 6. The number of fused-ring (bicyclic) bond motifs is 2. The van der Waals surface area contributed by atoms with Crippen molar-refractivity contribution in [1.29, 1.82) is 0 Å². The highest BCUT2D eigenvalue weighted by molar-refractivity contribution is 5.71. The lowest BCUT2D eigenvalue weighted by atomic mass is 9.93. The van der Waals surface area contributed by atoms with Crippen LogP contribution in [-0.2, 0) is 11.3 Å². The Morgan fingerprint density at radius 1 is 0.962 bits per heavy atom. The second kappa shape index (κ2) is 6.21. The maximum atomic E-state index is 6.55. The molecule has 2 aliphatic rings. The molecule has 2 aliphatic heterocycles. The quantitative estimate of drug-likeness (QED) is 0.674. The highest BCUT2D eigenvalue weighted by Gasteiger charge is 2.39. The van der Waals surface area contributed by atoms with Crippen molar-refractivity contribution in [2.75, 3.05) is 24.7 Å². The van der Waals surface area contributed by atoms with Crippen LogP contribution in [0.25, 0.3) is 11.2 Å². The topological polar surface area (TPSA) is 60.4 Å². The Hall–Kier alpha value is -2.73. The predicted octanol–water partition coefficient (Wildman–Crippen LogP) is 2.97. The third-order valence-corrected chi connectivity index (χ3v) is 5.18. The number of ether oxygens (including phenoxy) is 2. The molecule has 1 aromatic carbocycles. The minimum Gasteiger partial charge on any atom is -0.485 e. The summed E-state index contributed by atoms with van der Waals surface area (Å²) in [4.78, 5) is 15.7. The third kappa shape index (κ3) is 2.76. The Balaban J connectivity index is 1.58. The van der Waals surface area contributed by atoms with E-state index in [9.17, 15) is 0 Å². The van der Waals surface area contributed by atoms with Gasteiger partial charge in [-0.05, 0) is 18.2 Å². The Labute approximate surface area is 151 Å². The third-order valence-electron chi connectivity index (χ3n) is 5.18. The van der Waals surface area contributed by atoms with Gasteiger partial charge in [0.15, 0.2) is 5.65 Å². The van der Waals surface area contributed by atoms with E-state index in [1.54, 1.807) is 12.4 Å². The van der Waals surface area contributed by atoms with Gasteiger partial charge in [0.2, 0.25) is 0 Å². The van der Waals surface area contributed by atoms with E-state index in [0.717, 1.165) is 56.2 Å². The molecule has 0 unspecified atom stereocenters. The van der Waals surface area contributed by atoms with Gasteiger partial charge in [0.1, 0.15) is 22.7 Å². The minimum absolute atomic E-state index is 0.246. The molecule has 3 aromatic rings. The summed E-state index contributed by atoms with van der Waals surface area (Å²) < 4.78 is 12.1. The molecule has 0 atom stereocenters. The van der Waals surface area contributed by atoms with Gasteiger partial charge in [0.05, 0.1) is 19.8 Å². The smallest absolute Gasteiger partial charge is 0.180 e. The first-order valence-electron chi connectivity index (χ1n) is 8.99. The lowest BCUT2D eigenvalue weighted by Crippen LogP contribution is -2.49. The first-order chi connectivity index (χ1) is 12.8. The van der Waals surface area contributed by atoms with Crippen LogP contribution < -0.4 is 9.64 Å². The molecular formula is C20H20N4O2. The Morgan fingerprint density at radius 2 is 1.81 bits per heavy atom. The van der Waals surface area contributed by atoms with Crippen LogP contribution in [0.5, 0.6) is 5.75 Å². The molecule has 0 radical (unpaired) electrons. The van der Waals surface area contributed by atoms with Crippen LogP contribution in [-0.4, -0.2) is 40.3 Å². The second-order valence-electron chi connectivity index (χ2n) is 6.93. The lowest BCUT2D eigenvalue weighted by Gasteiger charge is -2.39. The fourth-order valence-corrected chi connectivity index (χ4v) is 3.80. The zero-order valence-electron chi connectivity index (χ0n) is 14.5. The Bertz CT molecular complexity index is 940. The summed E-state index contributed by atoms with van der Waals surface area (Å²) in [5.74, 6) is 1.88. The van der Waals surface area contributed by atoms with E-state index in [1.807, 2.05) is 18.2 Å². The Morgan fingerprint density at radius 3 is 2.73 bits per heavy atom. The molecule has 0 saturated carbocycles. The van der Waals surface area contributed by atoms with Gasteiger partial charge in [-0.25, -0.2) is 9.97 Å². The average Bonchev–Trinajstić information content (AvgIpc) is 2.84. The maximum Gasteiger partial charge on any atom is 0.180 e. The monoisotopic (exact) mass is 348 g/mol. The average molecular weight is 348 g/mol. The van der Waals surface area contributed by atoms with Crippen molar-refractivity contribution >= 4 is 17.0 Å². The highest BCUT2D eigenvalue weighted by atomic mass is 16.5. The number of hydrogen-bond donors (Lipinski definition) is 0. The van der Waals surface area contributed by atoms with Gasteiger partial charge < -0.3 is 14.4 Å². The van der Waals surface area contributed by atoms with Crippen molar-refractivity contribution < 1.29 is 9.47 Å². The van der Waals surface area contributed by atoms with Gasteiger partial charge in [0.25, 0.3) is 0 Å². The number of benzene rings is 1. The molecule has 0 N–H and O–H groups in total. The number of aromatic nitrogens is 3. The van der Waals surface area contributed by atoms with Gasteiger partial charge in [-0.2, -0.15) is 0 Å². The van der Waals surface area contributed by atoms with Gasteiger partial charge in [0, 0.05) is 37.3 Å². The molecule has 6 heteroatoms. The van der Waals surface area contributed by atoms with E-state index < -0.39 is 0 Å². The maximum absolute atomic E-state index is 6.55. The normalized spacial score (nSPS) is 19.0. The van der Waals surface area contributed by atoms with Crippen LogP contribution in [0, 0.1) is 0 Å². The van der Waals surface area contributed by atoms with Gasteiger partial charge in [-0.1, -0.05) is 18.2 Å². The summed E-state index contributed by atoms with van der Waals surface area (Å²) in [6.45, 7) is 3.00. The summed E-state index contributed by atoms with van der Waals surface area (Å²) in [5, 5.41) is 0. The number of anilines is 1. The fourth-order valence-electron chi connectivity index (χ4n) is 3.80. The zero-order valence-corrected chi connectivity index (χ0v) is 14.5. The van der Waals surface area contributed by atoms with E-state index in [4.69, 9.17) is 14.5 Å². The number of rotatable bonds is 1. The minimum atomic E-state index is -0.246. The van der Waals surface area contributed by atoms with Crippen molar-refractivity contribution in [3.05, 3.63) is 54.4 Å². The number of nitrogens with zero attached hydrogens (tertiary/aromatic N) is 4. The van der Waals surface area contributed by atoms with E-state index >= 15 is 0 Å². The summed E-state index contributed by atoms with van der Waals surface area (Å²) in [7, 11) is 0. The van der Waals surface area contributed by atoms with Crippen molar-refractivity contribution in [2.24, 2.45) is 0 Å². The van der Waals surface area contributed by atoms with Gasteiger partial charge in [-0.3, -0.25) is 4.98 Å². The van der Waals surface area contributed by atoms with E-state index in [-0.39, 0.29) is 5.60 Å². The first-order valence-corrected chi connectivity index (χ1v) is 8.99. The summed E-state index contributed by atoms with van der Waals surface area (Å²) in [6, 6.07) is 12.3. The molecule has 4 heterocycles. The number of para-hydroxylation sites is 1. The molecule has 0 aliphatic carbocycles. The molecular weight excluding hydrogens is 328 g/mol. The Kier molecular flexibility index (Phi) is 3.71. The highest BCUT2D eigenvalue weighted by Crippen LogP contribution is 2.36. The SMILES string of the molecule is c1ccc2c(c1)CN(c1ccc3nccnc3n1)CC1(CCOCC1)O2. The largest absolute Gasteiger partial charge is 0.485 e. The number of pyridine rings is 1. The van der Waals surface area contributed by atoms with Crippen LogP contribution >= 0.6 is 0 Å².